The first kappa shape index (κ1) is 16.3. The molecular weight excluding hydrogens is 345 g/mol. The maximum absolute atomic E-state index is 12.6. The Morgan fingerprint density at radius 1 is 1.25 bits per heavy atom. The lowest BCUT2D eigenvalue weighted by molar-refractivity contribution is -0.0423. The standard InChI is InChI=1S/C12H14Cl3NO3S/c1-8-6-16(7-11(5-13)19-8)20(17,18)12-3-9(14)2-10(15)4-12/h2-4,8,11H,5-7H2,1H3. The fourth-order valence-corrected chi connectivity index (χ4v) is 4.56. The van der Waals surface area contributed by atoms with Gasteiger partial charge in [0.05, 0.1) is 17.1 Å². The summed E-state index contributed by atoms with van der Waals surface area (Å²) in [6, 6.07) is 4.27. The van der Waals surface area contributed by atoms with Crippen LogP contribution in [0.3, 0.4) is 0 Å². The zero-order valence-electron chi connectivity index (χ0n) is 10.7. The van der Waals surface area contributed by atoms with Gasteiger partial charge in [-0.25, -0.2) is 8.42 Å². The van der Waals surface area contributed by atoms with Crippen molar-refractivity contribution in [3.8, 4) is 0 Å². The lowest BCUT2D eigenvalue weighted by Gasteiger charge is -2.35. The molecule has 2 atom stereocenters. The Hall–Kier alpha value is -0.0400. The number of nitrogens with zero attached hydrogens (tertiary/aromatic N) is 1. The van der Waals surface area contributed by atoms with E-state index in [4.69, 9.17) is 39.5 Å². The smallest absolute Gasteiger partial charge is 0.243 e. The topological polar surface area (TPSA) is 46.6 Å². The van der Waals surface area contributed by atoms with E-state index < -0.39 is 10.0 Å². The van der Waals surface area contributed by atoms with Crippen LogP contribution in [-0.2, 0) is 14.8 Å². The van der Waals surface area contributed by atoms with Crippen LogP contribution >= 0.6 is 34.8 Å². The molecule has 0 bridgehead atoms. The van der Waals surface area contributed by atoms with Gasteiger partial charge in [-0.2, -0.15) is 4.31 Å². The Bertz CT molecular complexity index is 573. The maximum Gasteiger partial charge on any atom is 0.243 e. The van der Waals surface area contributed by atoms with Gasteiger partial charge in [-0.15, -0.1) is 11.6 Å². The van der Waals surface area contributed by atoms with Crippen molar-refractivity contribution in [3.05, 3.63) is 28.2 Å². The fourth-order valence-electron chi connectivity index (χ4n) is 2.11. The molecule has 0 N–H and O–H groups in total. The lowest BCUT2D eigenvalue weighted by atomic mass is 10.3. The number of benzene rings is 1. The molecule has 20 heavy (non-hydrogen) atoms. The van der Waals surface area contributed by atoms with E-state index in [1.807, 2.05) is 6.92 Å². The van der Waals surface area contributed by atoms with E-state index in [0.717, 1.165) is 0 Å². The molecular formula is C12H14Cl3NO3S. The van der Waals surface area contributed by atoms with Gasteiger partial charge in [0, 0.05) is 29.0 Å². The van der Waals surface area contributed by atoms with Gasteiger partial charge in [0.2, 0.25) is 10.0 Å². The van der Waals surface area contributed by atoms with Gasteiger partial charge >= 0.3 is 0 Å². The van der Waals surface area contributed by atoms with Crippen molar-refractivity contribution < 1.29 is 13.2 Å². The van der Waals surface area contributed by atoms with Gasteiger partial charge in [0.1, 0.15) is 0 Å². The van der Waals surface area contributed by atoms with Crippen LogP contribution in [0, 0.1) is 0 Å². The molecule has 0 amide bonds. The first-order valence-electron chi connectivity index (χ1n) is 6.00. The predicted molar refractivity (Wildman–Crippen MR) is 80.3 cm³/mol. The molecule has 2 rings (SSSR count). The first-order chi connectivity index (χ1) is 9.32. The third-order valence-corrected chi connectivity index (χ3v) is 5.53. The van der Waals surface area contributed by atoms with Crippen molar-refractivity contribution in [3.63, 3.8) is 0 Å². The van der Waals surface area contributed by atoms with E-state index in [0.29, 0.717) is 0 Å². The second kappa shape index (κ2) is 6.38. The quantitative estimate of drug-likeness (QED) is 0.780. The molecule has 0 aromatic heterocycles. The van der Waals surface area contributed by atoms with Crippen LogP contribution in [0.25, 0.3) is 0 Å². The Labute approximate surface area is 133 Å². The van der Waals surface area contributed by atoms with Crippen LogP contribution in [0.4, 0.5) is 0 Å². The second-order valence-corrected chi connectivity index (χ2v) is 7.77. The van der Waals surface area contributed by atoms with Crippen molar-refractivity contribution >= 4 is 44.8 Å². The van der Waals surface area contributed by atoms with Gasteiger partial charge in [-0.1, -0.05) is 23.2 Å². The lowest BCUT2D eigenvalue weighted by Crippen LogP contribution is -2.49. The van der Waals surface area contributed by atoms with E-state index in [1.54, 1.807) is 0 Å². The molecule has 0 radical (unpaired) electrons. The van der Waals surface area contributed by atoms with Crippen LogP contribution in [0.15, 0.2) is 23.1 Å². The maximum atomic E-state index is 12.6. The Morgan fingerprint density at radius 2 is 1.85 bits per heavy atom. The van der Waals surface area contributed by atoms with Gasteiger partial charge in [0.25, 0.3) is 0 Å². The molecule has 8 heteroatoms. The summed E-state index contributed by atoms with van der Waals surface area (Å²) in [6.07, 6.45) is -0.526. The highest BCUT2D eigenvalue weighted by Crippen LogP contribution is 2.26. The molecule has 1 aliphatic rings. The summed E-state index contributed by atoms with van der Waals surface area (Å²) in [7, 11) is -3.66. The van der Waals surface area contributed by atoms with Crippen molar-refractivity contribution in [2.24, 2.45) is 0 Å². The van der Waals surface area contributed by atoms with Crippen LogP contribution in [-0.4, -0.2) is 43.9 Å². The summed E-state index contributed by atoms with van der Waals surface area (Å²) in [4.78, 5) is 0.0809. The highest BCUT2D eigenvalue weighted by Gasteiger charge is 2.33. The highest BCUT2D eigenvalue weighted by molar-refractivity contribution is 7.89. The van der Waals surface area contributed by atoms with Crippen molar-refractivity contribution in [2.45, 2.75) is 24.0 Å². The SMILES string of the molecule is CC1CN(S(=O)(=O)c2cc(Cl)cc(Cl)c2)CC(CCl)O1. The van der Waals surface area contributed by atoms with E-state index in [2.05, 4.69) is 0 Å². The molecule has 0 aliphatic carbocycles. The minimum Gasteiger partial charge on any atom is -0.371 e. The number of sulfonamides is 1. The minimum atomic E-state index is -3.66. The summed E-state index contributed by atoms with van der Waals surface area (Å²) < 4.78 is 32.1. The summed E-state index contributed by atoms with van der Waals surface area (Å²) in [5.74, 6) is 0.243. The normalized spacial score (nSPS) is 24.8. The van der Waals surface area contributed by atoms with Crippen molar-refractivity contribution in [1.82, 2.24) is 4.31 Å². The Morgan fingerprint density at radius 3 is 2.40 bits per heavy atom. The molecule has 1 saturated heterocycles. The number of halogens is 3. The molecule has 2 unspecified atom stereocenters. The molecule has 0 saturated carbocycles. The van der Waals surface area contributed by atoms with Gasteiger partial charge in [-0.3, -0.25) is 0 Å². The molecule has 4 nitrogen and oxygen atoms in total. The second-order valence-electron chi connectivity index (χ2n) is 4.65. The summed E-state index contributed by atoms with van der Waals surface area (Å²) >= 11 is 17.5. The molecule has 112 valence electrons. The summed E-state index contributed by atoms with van der Waals surface area (Å²) in [5.41, 5.74) is 0. The zero-order valence-corrected chi connectivity index (χ0v) is 13.8. The highest BCUT2D eigenvalue weighted by atomic mass is 35.5. The van der Waals surface area contributed by atoms with Crippen LogP contribution < -0.4 is 0 Å². The number of rotatable bonds is 3. The zero-order chi connectivity index (χ0) is 14.9. The van der Waals surface area contributed by atoms with E-state index in [9.17, 15) is 8.42 Å². The Balaban J connectivity index is 2.34. The number of ether oxygens (including phenoxy) is 1. The van der Waals surface area contributed by atoms with Crippen LogP contribution in [0.2, 0.25) is 10.0 Å². The van der Waals surface area contributed by atoms with E-state index in [1.165, 1.54) is 22.5 Å². The molecule has 1 aromatic carbocycles. The number of alkyl halides is 1. The number of hydrogen-bond acceptors (Lipinski definition) is 3. The van der Waals surface area contributed by atoms with Crippen molar-refractivity contribution in [1.29, 1.82) is 0 Å². The summed E-state index contributed by atoms with van der Waals surface area (Å²) in [5, 5.41) is 0.567. The fraction of sp³-hybridized carbons (Fsp3) is 0.500. The largest absolute Gasteiger partial charge is 0.371 e. The molecule has 1 heterocycles. The predicted octanol–water partition coefficient (Wildman–Crippen LogP) is 3.01. The van der Waals surface area contributed by atoms with E-state index >= 15 is 0 Å². The van der Waals surface area contributed by atoms with Gasteiger partial charge in [0.15, 0.2) is 0 Å². The van der Waals surface area contributed by atoms with Gasteiger partial charge < -0.3 is 4.74 Å². The average molecular weight is 359 g/mol. The molecule has 0 spiro atoms. The van der Waals surface area contributed by atoms with E-state index in [-0.39, 0.29) is 46.1 Å². The molecule has 1 aliphatic heterocycles. The molecule has 1 aromatic rings. The van der Waals surface area contributed by atoms with Crippen LogP contribution in [0.5, 0.6) is 0 Å². The first-order valence-corrected chi connectivity index (χ1v) is 8.73. The Kier molecular flexibility index (Phi) is 5.21. The minimum absolute atomic E-state index is 0.0809. The third-order valence-electron chi connectivity index (χ3n) is 2.94. The number of hydrogen-bond donors (Lipinski definition) is 0. The third kappa shape index (κ3) is 3.59. The monoisotopic (exact) mass is 357 g/mol. The van der Waals surface area contributed by atoms with Crippen molar-refractivity contribution in [2.75, 3.05) is 19.0 Å². The van der Waals surface area contributed by atoms with Crippen LogP contribution in [0.1, 0.15) is 6.92 Å². The average Bonchev–Trinajstić information content (AvgIpc) is 2.36. The molecule has 1 fully saturated rings. The number of morpholine rings is 1. The summed E-state index contributed by atoms with van der Waals surface area (Å²) in [6.45, 7) is 2.31. The van der Waals surface area contributed by atoms with Gasteiger partial charge in [-0.05, 0) is 25.1 Å².